The van der Waals surface area contributed by atoms with Gasteiger partial charge < -0.3 is 10.1 Å². The molecule has 0 saturated carbocycles. The van der Waals surface area contributed by atoms with Gasteiger partial charge in [-0.2, -0.15) is 0 Å². The van der Waals surface area contributed by atoms with Crippen LogP contribution in [0.3, 0.4) is 0 Å². The van der Waals surface area contributed by atoms with Gasteiger partial charge in [-0.25, -0.2) is 0 Å². The molecule has 0 radical (unpaired) electrons. The Bertz CT molecular complexity index is 554. The van der Waals surface area contributed by atoms with Crippen molar-refractivity contribution in [1.29, 1.82) is 0 Å². The molecule has 2 heteroatoms. The molecule has 0 aromatic heterocycles. The van der Waals surface area contributed by atoms with Crippen molar-refractivity contribution in [2.75, 3.05) is 13.2 Å². The lowest BCUT2D eigenvalue weighted by Crippen LogP contribution is -2.26. The Morgan fingerprint density at radius 3 is 2.19 bits per heavy atom. The van der Waals surface area contributed by atoms with Gasteiger partial charge in [0, 0.05) is 0 Å². The van der Waals surface area contributed by atoms with Gasteiger partial charge in [0.2, 0.25) is 0 Å². The summed E-state index contributed by atoms with van der Waals surface area (Å²) >= 11 is 0. The van der Waals surface area contributed by atoms with Crippen LogP contribution in [0.2, 0.25) is 0 Å². The SMILES string of the molecule is CCNC(COc1c(C)cc(C)cc1C)c1ccccc1. The minimum absolute atomic E-state index is 0.219. The van der Waals surface area contributed by atoms with Crippen LogP contribution in [0.4, 0.5) is 0 Å². The van der Waals surface area contributed by atoms with E-state index in [1.165, 1.54) is 22.3 Å². The maximum Gasteiger partial charge on any atom is 0.125 e. The highest BCUT2D eigenvalue weighted by Crippen LogP contribution is 2.26. The summed E-state index contributed by atoms with van der Waals surface area (Å²) in [4.78, 5) is 0. The zero-order chi connectivity index (χ0) is 15.2. The van der Waals surface area contributed by atoms with E-state index in [-0.39, 0.29) is 6.04 Å². The molecule has 0 fully saturated rings. The van der Waals surface area contributed by atoms with Gasteiger partial charge in [0.15, 0.2) is 0 Å². The lowest BCUT2D eigenvalue weighted by molar-refractivity contribution is 0.265. The fourth-order valence-corrected chi connectivity index (χ4v) is 2.77. The third kappa shape index (κ3) is 4.08. The summed E-state index contributed by atoms with van der Waals surface area (Å²) < 4.78 is 6.13. The first-order chi connectivity index (χ1) is 10.1. The van der Waals surface area contributed by atoms with Gasteiger partial charge in [-0.05, 0) is 44.0 Å². The molecule has 0 aliphatic rings. The van der Waals surface area contributed by atoms with Gasteiger partial charge >= 0.3 is 0 Å². The molecule has 0 amide bonds. The maximum atomic E-state index is 6.13. The van der Waals surface area contributed by atoms with Crippen LogP contribution < -0.4 is 10.1 Å². The molecule has 2 aromatic carbocycles. The van der Waals surface area contributed by atoms with Gasteiger partial charge in [0.1, 0.15) is 12.4 Å². The summed E-state index contributed by atoms with van der Waals surface area (Å²) in [5.74, 6) is 1.01. The quantitative estimate of drug-likeness (QED) is 0.851. The molecule has 2 rings (SSSR count). The molecule has 0 aliphatic carbocycles. The number of nitrogens with one attached hydrogen (secondary N) is 1. The number of rotatable bonds is 6. The maximum absolute atomic E-state index is 6.13. The summed E-state index contributed by atoms with van der Waals surface area (Å²) in [6.07, 6.45) is 0. The summed E-state index contributed by atoms with van der Waals surface area (Å²) in [5.41, 5.74) is 4.96. The number of benzene rings is 2. The molecule has 112 valence electrons. The van der Waals surface area contributed by atoms with Crippen LogP contribution in [0.25, 0.3) is 0 Å². The molecule has 21 heavy (non-hydrogen) atoms. The first kappa shape index (κ1) is 15.6. The molecule has 2 nitrogen and oxygen atoms in total. The van der Waals surface area contributed by atoms with E-state index in [1.807, 2.05) is 6.07 Å². The fourth-order valence-electron chi connectivity index (χ4n) is 2.77. The second-order valence-corrected chi connectivity index (χ2v) is 5.56. The number of hydrogen-bond donors (Lipinski definition) is 1. The monoisotopic (exact) mass is 283 g/mol. The summed E-state index contributed by atoms with van der Waals surface area (Å²) in [6.45, 7) is 10.0. The van der Waals surface area contributed by atoms with Crippen molar-refractivity contribution >= 4 is 0 Å². The molecule has 1 unspecified atom stereocenters. The molecular formula is C19H25NO. The van der Waals surface area contributed by atoms with Gasteiger partial charge in [-0.1, -0.05) is 55.0 Å². The second kappa shape index (κ2) is 7.28. The van der Waals surface area contributed by atoms with E-state index in [4.69, 9.17) is 4.74 Å². The predicted molar refractivity (Wildman–Crippen MR) is 89.0 cm³/mol. The Morgan fingerprint density at radius 2 is 1.62 bits per heavy atom. The zero-order valence-corrected chi connectivity index (χ0v) is 13.4. The number of ether oxygens (including phenoxy) is 1. The molecule has 0 aliphatic heterocycles. The molecule has 2 aromatic rings. The average molecular weight is 283 g/mol. The Balaban J connectivity index is 2.13. The topological polar surface area (TPSA) is 21.3 Å². The average Bonchev–Trinajstić information content (AvgIpc) is 2.46. The predicted octanol–water partition coefficient (Wildman–Crippen LogP) is 4.34. The molecule has 0 heterocycles. The van der Waals surface area contributed by atoms with Gasteiger partial charge in [0.25, 0.3) is 0 Å². The van der Waals surface area contributed by atoms with Crippen molar-refractivity contribution in [3.05, 3.63) is 64.7 Å². The highest BCUT2D eigenvalue weighted by Gasteiger charge is 2.12. The van der Waals surface area contributed by atoms with Crippen molar-refractivity contribution in [3.63, 3.8) is 0 Å². The highest BCUT2D eigenvalue weighted by atomic mass is 16.5. The third-order valence-electron chi connectivity index (χ3n) is 3.65. The zero-order valence-electron chi connectivity index (χ0n) is 13.4. The van der Waals surface area contributed by atoms with E-state index in [0.29, 0.717) is 6.61 Å². The molecule has 0 bridgehead atoms. The smallest absolute Gasteiger partial charge is 0.125 e. The number of likely N-dealkylation sites (N-methyl/N-ethyl adjacent to an activating group) is 1. The van der Waals surface area contributed by atoms with E-state index < -0.39 is 0 Å². The molecule has 1 N–H and O–H groups in total. The van der Waals surface area contributed by atoms with Crippen LogP contribution in [0, 0.1) is 20.8 Å². The van der Waals surface area contributed by atoms with Crippen molar-refractivity contribution in [2.24, 2.45) is 0 Å². The summed E-state index contributed by atoms with van der Waals surface area (Å²) in [6, 6.07) is 15.0. The Hall–Kier alpha value is -1.80. The third-order valence-corrected chi connectivity index (χ3v) is 3.65. The first-order valence-corrected chi connectivity index (χ1v) is 7.60. The van der Waals surface area contributed by atoms with Crippen LogP contribution in [-0.4, -0.2) is 13.2 Å². The van der Waals surface area contributed by atoms with Crippen molar-refractivity contribution in [1.82, 2.24) is 5.32 Å². The lowest BCUT2D eigenvalue weighted by Gasteiger charge is -2.21. The minimum atomic E-state index is 0.219. The standard InChI is InChI=1S/C19H25NO/c1-5-20-18(17-9-7-6-8-10-17)13-21-19-15(3)11-14(2)12-16(19)4/h6-12,18,20H,5,13H2,1-4H3. The second-order valence-electron chi connectivity index (χ2n) is 5.56. The van der Waals surface area contributed by atoms with Crippen molar-refractivity contribution < 1.29 is 4.74 Å². The fraction of sp³-hybridized carbons (Fsp3) is 0.368. The van der Waals surface area contributed by atoms with Gasteiger partial charge in [0.05, 0.1) is 6.04 Å². The van der Waals surface area contributed by atoms with Crippen molar-refractivity contribution in [3.8, 4) is 5.75 Å². The van der Waals surface area contributed by atoms with E-state index in [1.54, 1.807) is 0 Å². The minimum Gasteiger partial charge on any atom is -0.491 e. The van der Waals surface area contributed by atoms with Crippen LogP contribution in [-0.2, 0) is 0 Å². The lowest BCUT2D eigenvalue weighted by atomic mass is 10.1. The van der Waals surface area contributed by atoms with E-state index in [2.05, 4.69) is 69.4 Å². The van der Waals surface area contributed by atoms with E-state index in [9.17, 15) is 0 Å². The van der Waals surface area contributed by atoms with Gasteiger partial charge in [-0.15, -0.1) is 0 Å². The van der Waals surface area contributed by atoms with Crippen LogP contribution in [0.5, 0.6) is 5.75 Å². The first-order valence-electron chi connectivity index (χ1n) is 7.60. The largest absolute Gasteiger partial charge is 0.491 e. The summed E-state index contributed by atoms with van der Waals surface area (Å²) in [5, 5.41) is 3.49. The molecule has 1 atom stereocenters. The Morgan fingerprint density at radius 1 is 1.00 bits per heavy atom. The highest BCUT2D eigenvalue weighted by molar-refractivity contribution is 5.43. The number of aryl methyl sites for hydroxylation is 3. The number of hydrogen-bond acceptors (Lipinski definition) is 2. The Kier molecular flexibility index (Phi) is 5.40. The van der Waals surface area contributed by atoms with Crippen LogP contribution in [0.15, 0.2) is 42.5 Å². The van der Waals surface area contributed by atoms with E-state index >= 15 is 0 Å². The molecular weight excluding hydrogens is 258 g/mol. The van der Waals surface area contributed by atoms with Crippen molar-refractivity contribution in [2.45, 2.75) is 33.7 Å². The van der Waals surface area contributed by atoms with Gasteiger partial charge in [-0.3, -0.25) is 0 Å². The normalized spacial score (nSPS) is 12.2. The van der Waals surface area contributed by atoms with Crippen LogP contribution in [0.1, 0.15) is 35.2 Å². The van der Waals surface area contributed by atoms with Crippen LogP contribution >= 0.6 is 0 Å². The summed E-state index contributed by atoms with van der Waals surface area (Å²) in [7, 11) is 0. The molecule has 0 spiro atoms. The van der Waals surface area contributed by atoms with E-state index in [0.717, 1.165) is 12.3 Å². The molecule has 0 saturated heterocycles. The Labute approximate surface area is 128 Å².